The molecule has 4 nitrogen and oxygen atoms in total. The highest BCUT2D eigenvalue weighted by atomic mass is 35.5. The van der Waals surface area contributed by atoms with E-state index < -0.39 is 23.6 Å². The number of nitrogens with one attached hydrogen (secondary N) is 2. The van der Waals surface area contributed by atoms with E-state index in [-0.39, 0.29) is 22.1 Å². The van der Waals surface area contributed by atoms with E-state index in [9.17, 15) is 22.8 Å². The lowest BCUT2D eigenvalue weighted by Gasteiger charge is -2.34. The van der Waals surface area contributed by atoms with Crippen LogP contribution in [0.3, 0.4) is 0 Å². The third kappa shape index (κ3) is 4.74. The zero-order valence-corrected chi connectivity index (χ0v) is 20.0. The summed E-state index contributed by atoms with van der Waals surface area (Å²) < 4.78 is 39.6. The number of alkyl halides is 3. The highest BCUT2D eigenvalue weighted by Gasteiger charge is 2.39. The van der Waals surface area contributed by atoms with Crippen molar-refractivity contribution in [3.05, 3.63) is 81.2 Å². The van der Waals surface area contributed by atoms with Crippen molar-refractivity contribution < 1.29 is 22.8 Å². The number of benzene rings is 2. The molecule has 0 spiro atoms. The topological polar surface area (TPSA) is 58.2 Å². The third-order valence-electron chi connectivity index (χ3n) is 6.01. The van der Waals surface area contributed by atoms with Crippen LogP contribution in [0.1, 0.15) is 43.2 Å². The lowest BCUT2D eigenvalue weighted by Crippen LogP contribution is -2.35. The molecule has 1 aliphatic carbocycles. The van der Waals surface area contributed by atoms with Crippen molar-refractivity contribution in [2.45, 2.75) is 43.2 Å². The average Bonchev–Trinajstić information content (AvgIpc) is 2.79. The van der Waals surface area contributed by atoms with Crippen LogP contribution in [0.4, 0.5) is 18.9 Å². The molecule has 4 rings (SSSR count). The van der Waals surface area contributed by atoms with Gasteiger partial charge in [-0.3, -0.25) is 9.59 Å². The number of anilines is 1. The molecule has 1 heterocycles. The zero-order chi connectivity index (χ0) is 24.6. The molecule has 1 amide bonds. The van der Waals surface area contributed by atoms with Gasteiger partial charge in [0.15, 0.2) is 5.78 Å². The van der Waals surface area contributed by atoms with Crippen LogP contribution in [0.25, 0.3) is 0 Å². The fourth-order valence-corrected chi connectivity index (χ4v) is 4.97. The molecule has 34 heavy (non-hydrogen) atoms. The molecule has 2 aliphatic rings. The Morgan fingerprint density at radius 1 is 1.15 bits per heavy atom. The minimum Gasteiger partial charge on any atom is -0.362 e. The number of thioether (sulfide) groups is 1. The number of carbonyl (C=O) groups excluding carboxylic acids is 2. The molecular weight excluding hydrogens is 485 g/mol. The lowest BCUT2D eigenvalue weighted by atomic mass is 9.75. The van der Waals surface area contributed by atoms with Crippen LogP contribution in [-0.2, 0) is 15.8 Å². The average molecular weight is 507 g/mol. The van der Waals surface area contributed by atoms with Crippen LogP contribution in [0.15, 0.2) is 69.9 Å². The number of carbonyl (C=O) groups is 2. The molecule has 0 unspecified atom stereocenters. The summed E-state index contributed by atoms with van der Waals surface area (Å²) in [5, 5.41) is 5.73. The largest absolute Gasteiger partial charge is 0.416 e. The van der Waals surface area contributed by atoms with E-state index in [1.54, 1.807) is 18.7 Å². The van der Waals surface area contributed by atoms with Crippen molar-refractivity contribution in [2.24, 2.45) is 0 Å². The van der Waals surface area contributed by atoms with E-state index in [0.717, 1.165) is 40.8 Å². The van der Waals surface area contributed by atoms with Gasteiger partial charge in [0.2, 0.25) is 0 Å². The molecule has 2 aromatic carbocycles. The monoisotopic (exact) mass is 506 g/mol. The Hall–Kier alpha value is -2.71. The normalized spacial score (nSPS) is 18.5. The van der Waals surface area contributed by atoms with Crippen molar-refractivity contribution >= 4 is 40.7 Å². The van der Waals surface area contributed by atoms with Crippen molar-refractivity contribution in [3.63, 3.8) is 0 Å². The molecule has 0 radical (unpaired) electrons. The van der Waals surface area contributed by atoms with Crippen molar-refractivity contribution in [2.75, 3.05) is 11.6 Å². The second-order valence-electron chi connectivity index (χ2n) is 8.19. The Bertz CT molecular complexity index is 1220. The van der Waals surface area contributed by atoms with Crippen molar-refractivity contribution in [1.82, 2.24) is 5.32 Å². The maximum Gasteiger partial charge on any atom is 0.416 e. The van der Waals surface area contributed by atoms with Gasteiger partial charge in [-0.25, -0.2) is 0 Å². The third-order valence-corrected chi connectivity index (χ3v) is 7.08. The summed E-state index contributed by atoms with van der Waals surface area (Å²) in [7, 11) is 0. The highest BCUT2D eigenvalue weighted by molar-refractivity contribution is 7.98. The van der Waals surface area contributed by atoms with E-state index in [1.807, 2.05) is 30.5 Å². The van der Waals surface area contributed by atoms with Gasteiger partial charge in [-0.15, -0.1) is 11.8 Å². The van der Waals surface area contributed by atoms with Crippen LogP contribution in [0.2, 0.25) is 5.02 Å². The van der Waals surface area contributed by atoms with E-state index in [4.69, 9.17) is 11.6 Å². The molecule has 0 saturated heterocycles. The first-order chi connectivity index (χ1) is 16.1. The van der Waals surface area contributed by atoms with Crippen molar-refractivity contribution in [3.8, 4) is 0 Å². The summed E-state index contributed by atoms with van der Waals surface area (Å²) in [5.41, 5.74) is 1.86. The second-order valence-corrected chi connectivity index (χ2v) is 9.47. The number of Topliss-reactive ketones (excluding diaryl/α,β-unsaturated/α-hetero) is 1. The fraction of sp³-hybridized carbons (Fsp3) is 0.280. The molecule has 2 aromatic rings. The Morgan fingerprint density at radius 2 is 1.85 bits per heavy atom. The quantitative estimate of drug-likeness (QED) is 0.454. The summed E-state index contributed by atoms with van der Waals surface area (Å²) in [6.45, 7) is 1.73. The number of halogens is 4. The summed E-state index contributed by atoms with van der Waals surface area (Å²) in [5.74, 6) is -1.29. The number of allylic oxidation sites excluding steroid dienone is 3. The van der Waals surface area contributed by atoms with Crippen LogP contribution < -0.4 is 10.6 Å². The van der Waals surface area contributed by atoms with Gasteiger partial charge in [-0.2, -0.15) is 13.2 Å². The minimum absolute atomic E-state index is 0.0158. The minimum atomic E-state index is -4.58. The molecule has 178 valence electrons. The SMILES string of the molecule is CSc1ccc([C@H]2C(C(=O)Nc3cc(C(F)(F)F)ccc3Cl)=C(C)NC3=C2C(=O)CCC3)cc1. The van der Waals surface area contributed by atoms with Gasteiger partial charge in [0.05, 0.1) is 16.3 Å². The standard InChI is InChI=1S/C25H22ClF3N2O2S/c1-13-21(24(33)31-19-12-15(25(27,28)29)8-11-17(19)26)22(14-6-9-16(34-2)10-7-14)23-18(30-13)4-3-5-20(23)32/h6-12,22,30H,3-5H2,1-2H3,(H,31,33)/t22-/m0/s1. The Morgan fingerprint density at radius 3 is 2.50 bits per heavy atom. The van der Waals surface area contributed by atoms with Gasteiger partial charge in [0.25, 0.3) is 5.91 Å². The zero-order valence-electron chi connectivity index (χ0n) is 18.5. The number of dihydropyridines is 1. The summed E-state index contributed by atoms with van der Waals surface area (Å²) >= 11 is 7.68. The molecule has 9 heteroatoms. The Kier molecular flexibility index (Phi) is 6.82. The molecule has 0 saturated carbocycles. The molecule has 1 aliphatic heterocycles. The summed E-state index contributed by atoms with van der Waals surface area (Å²) in [4.78, 5) is 27.5. The summed E-state index contributed by atoms with van der Waals surface area (Å²) in [6, 6.07) is 10.4. The van der Waals surface area contributed by atoms with Crippen LogP contribution in [0.5, 0.6) is 0 Å². The number of hydrogen-bond acceptors (Lipinski definition) is 4. The Balaban J connectivity index is 1.77. The first-order valence-electron chi connectivity index (χ1n) is 10.7. The van der Waals surface area contributed by atoms with Crippen LogP contribution >= 0.6 is 23.4 Å². The molecular formula is C25H22ClF3N2O2S. The molecule has 0 bridgehead atoms. The predicted molar refractivity (Wildman–Crippen MR) is 128 cm³/mol. The Labute approximate surface area is 204 Å². The van der Waals surface area contributed by atoms with Gasteiger partial charge in [0, 0.05) is 39.8 Å². The van der Waals surface area contributed by atoms with Crippen LogP contribution in [0, 0.1) is 0 Å². The molecule has 2 N–H and O–H groups in total. The number of rotatable bonds is 4. The predicted octanol–water partition coefficient (Wildman–Crippen LogP) is 6.69. The van der Waals surface area contributed by atoms with Gasteiger partial charge in [-0.1, -0.05) is 23.7 Å². The van der Waals surface area contributed by atoms with E-state index >= 15 is 0 Å². The number of hydrogen-bond donors (Lipinski definition) is 2. The van der Waals surface area contributed by atoms with E-state index in [2.05, 4.69) is 10.6 Å². The first kappa shape index (κ1) is 24.4. The van der Waals surface area contributed by atoms with E-state index in [0.29, 0.717) is 24.1 Å². The second kappa shape index (κ2) is 9.50. The smallest absolute Gasteiger partial charge is 0.362 e. The molecule has 1 atom stereocenters. The van der Waals surface area contributed by atoms with E-state index in [1.165, 1.54) is 0 Å². The van der Waals surface area contributed by atoms with Crippen molar-refractivity contribution in [1.29, 1.82) is 0 Å². The number of amides is 1. The van der Waals surface area contributed by atoms with Gasteiger partial charge < -0.3 is 10.6 Å². The highest BCUT2D eigenvalue weighted by Crippen LogP contribution is 2.43. The number of ketones is 1. The first-order valence-corrected chi connectivity index (χ1v) is 12.3. The summed E-state index contributed by atoms with van der Waals surface area (Å²) in [6.07, 6.45) is -0.842. The molecule has 0 aromatic heterocycles. The maximum atomic E-state index is 13.5. The van der Waals surface area contributed by atoms with Gasteiger partial charge in [0.1, 0.15) is 0 Å². The van der Waals surface area contributed by atoms with Gasteiger partial charge >= 0.3 is 6.18 Å². The lowest BCUT2D eigenvalue weighted by molar-refractivity contribution is -0.137. The fourth-order valence-electron chi connectivity index (χ4n) is 4.40. The molecule has 0 fully saturated rings. The maximum absolute atomic E-state index is 13.5. The van der Waals surface area contributed by atoms with Gasteiger partial charge in [-0.05, 0) is 61.9 Å². The van der Waals surface area contributed by atoms with Crippen LogP contribution in [-0.4, -0.2) is 17.9 Å².